The lowest BCUT2D eigenvalue weighted by atomic mass is 10.2. The van der Waals surface area contributed by atoms with Gasteiger partial charge in [0.2, 0.25) is 0 Å². The van der Waals surface area contributed by atoms with Crippen LogP contribution >= 0.6 is 0 Å². The fourth-order valence-corrected chi connectivity index (χ4v) is 4.16. The van der Waals surface area contributed by atoms with Crippen molar-refractivity contribution in [2.24, 2.45) is 5.73 Å². The number of imidazole rings is 1. The molecular weight excluding hydrogens is 278 g/mol. The van der Waals surface area contributed by atoms with Gasteiger partial charge in [0.05, 0.1) is 6.04 Å². The number of sulfonamides is 1. The first-order valence-corrected chi connectivity index (χ1v) is 8.28. The van der Waals surface area contributed by atoms with Crippen molar-refractivity contribution >= 4 is 10.0 Å². The summed E-state index contributed by atoms with van der Waals surface area (Å²) in [5, 5.41) is 0.125. The van der Waals surface area contributed by atoms with Gasteiger partial charge in [0.1, 0.15) is 5.82 Å². The third kappa shape index (κ3) is 2.73. The van der Waals surface area contributed by atoms with Gasteiger partial charge in [-0.05, 0) is 20.9 Å². The van der Waals surface area contributed by atoms with E-state index in [4.69, 9.17) is 5.73 Å². The van der Waals surface area contributed by atoms with Crippen molar-refractivity contribution in [3.05, 3.63) is 12.0 Å². The molecule has 1 aromatic rings. The summed E-state index contributed by atoms with van der Waals surface area (Å²) >= 11 is 0. The molecule has 0 amide bonds. The minimum atomic E-state index is -3.56. The van der Waals surface area contributed by atoms with Crippen molar-refractivity contribution in [3.8, 4) is 0 Å². The average molecular weight is 301 g/mol. The maximum absolute atomic E-state index is 12.7. The van der Waals surface area contributed by atoms with Crippen molar-refractivity contribution in [1.29, 1.82) is 0 Å². The van der Waals surface area contributed by atoms with E-state index in [-0.39, 0.29) is 11.1 Å². The molecule has 20 heavy (non-hydrogen) atoms. The van der Waals surface area contributed by atoms with Gasteiger partial charge in [0.15, 0.2) is 5.03 Å². The zero-order valence-corrected chi connectivity index (χ0v) is 13.1. The normalized spacial score (nSPS) is 22.3. The van der Waals surface area contributed by atoms with Crippen LogP contribution in [0.2, 0.25) is 0 Å². The van der Waals surface area contributed by atoms with Crippen LogP contribution in [0.4, 0.5) is 0 Å². The average Bonchev–Trinajstić information content (AvgIpc) is 2.80. The molecule has 8 heteroatoms. The lowest BCUT2D eigenvalue weighted by molar-refractivity contribution is 0.163. The number of aryl methyl sites for hydroxylation is 2. The summed E-state index contributed by atoms with van der Waals surface area (Å²) in [4.78, 5) is 6.29. The van der Waals surface area contributed by atoms with Gasteiger partial charge in [-0.1, -0.05) is 0 Å². The van der Waals surface area contributed by atoms with Gasteiger partial charge in [-0.2, -0.15) is 4.31 Å². The number of rotatable bonds is 4. The Balaban J connectivity index is 2.33. The molecule has 1 aliphatic rings. The smallest absolute Gasteiger partial charge is 0.262 e. The third-order valence-corrected chi connectivity index (χ3v) is 5.59. The van der Waals surface area contributed by atoms with Crippen molar-refractivity contribution < 1.29 is 8.42 Å². The minimum Gasteiger partial charge on any atom is -0.334 e. The number of piperazine rings is 1. The van der Waals surface area contributed by atoms with Gasteiger partial charge in [0.25, 0.3) is 10.0 Å². The Morgan fingerprint density at radius 2 is 2.15 bits per heavy atom. The van der Waals surface area contributed by atoms with Crippen LogP contribution in [0.1, 0.15) is 12.7 Å². The lowest BCUT2D eigenvalue weighted by Gasteiger charge is -2.37. The standard InChI is InChI=1S/C12H23N5O2S/c1-4-16-9-12(14-10(16)2)20(18,19)17-6-5-15(3)8-11(17)7-13/h9,11H,4-8,13H2,1-3H3. The van der Waals surface area contributed by atoms with E-state index in [9.17, 15) is 8.42 Å². The molecular formula is C12H23N5O2S. The molecule has 1 fully saturated rings. The highest BCUT2D eigenvalue weighted by atomic mass is 32.2. The zero-order valence-electron chi connectivity index (χ0n) is 12.3. The quantitative estimate of drug-likeness (QED) is 0.808. The Morgan fingerprint density at radius 3 is 2.70 bits per heavy atom. The van der Waals surface area contributed by atoms with Crippen LogP contribution in [0.5, 0.6) is 0 Å². The lowest BCUT2D eigenvalue weighted by Crippen LogP contribution is -2.56. The van der Waals surface area contributed by atoms with E-state index >= 15 is 0 Å². The molecule has 0 saturated carbocycles. The molecule has 7 nitrogen and oxygen atoms in total. The Hall–Kier alpha value is -0.960. The topological polar surface area (TPSA) is 84.5 Å². The highest BCUT2D eigenvalue weighted by Crippen LogP contribution is 2.20. The molecule has 2 heterocycles. The molecule has 0 bridgehead atoms. The number of hydrogen-bond acceptors (Lipinski definition) is 5. The summed E-state index contributed by atoms with van der Waals surface area (Å²) in [6.07, 6.45) is 1.61. The number of nitrogens with zero attached hydrogens (tertiary/aromatic N) is 4. The molecule has 0 radical (unpaired) electrons. The zero-order chi connectivity index (χ0) is 14.9. The molecule has 2 N–H and O–H groups in total. The summed E-state index contributed by atoms with van der Waals surface area (Å²) in [7, 11) is -1.59. The fraction of sp³-hybridized carbons (Fsp3) is 0.750. The molecule has 0 aromatic carbocycles. The third-order valence-electron chi connectivity index (χ3n) is 3.77. The fourth-order valence-electron chi connectivity index (χ4n) is 2.55. The van der Waals surface area contributed by atoms with Crippen molar-refractivity contribution in [2.45, 2.75) is 31.5 Å². The summed E-state index contributed by atoms with van der Waals surface area (Å²) in [6, 6.07) is -0.189. The first-order chi connectivity index (χ1) is 9.40. The van der Waals surface area contributed by atoms with Gasteiger partial charge in [0, 0.05) is 38.9 Å². The van der Waals surface area contributed by atoms with Crippen LogP contribution < -0.4 is 5.73 Å². The maximum atomic E-state index is 12.7. The van der Waals surface area contributed by atoms with Gasteiger partial charge in [-0.3, -0.25) is 0 Å². The van der Waals surface area contributed by atoms with Crippen LogP contribution in [-0.4, -0.2) is 66.4 Å². The molecule has 1 saturated heterocycles. The van der Waals surface area contributed by atoms with Crippen LogP contribution in [0.15, 0.2) is 11.2 Å². The molecule has 1 atom stereocenters. The predicted molar refractivity (Wildman–Crippen MR) is 76.9 cm³/mol. The molecule has 0 spiro atoms. The molecule has 114 valence electrons. The van der Waals surface area contributed by atoms with E-state index in [1.807, 2.05) is 25.5 Å². The van der Waals surface area contributed by atoms with E-state index in [1.54, 1.807) is 6.20 Å². The summed E-state index contributed by atoms with van der Waals surface area (Å²) < 4.78 is 28.8. The first kappa shape index (κ1) is 15.4. The van der Waals surface area contributed by atoms with Crippen molar-refractivity contribution in [1.82, 2.24) is 18.8 Å². The number of hydrogen-bond donors (Lipinski definition) is 1. The Morgan fingerprint density at radius 1 is 1.45 bits per heavy atom. The van der Waals surface area contributed by atoms with E-state index in [1.165, 1.54) is 4.31 Å². The van der Waals surface area contributed by atoms with Crippen molar-refractivity contribution in [3.63, 3.8) is 0 Å². The largest absolute Gasteiger partial charge is 0.334 e. The van der Waals surface area contributed by atoms with Crippen LogP contribution in [-0.2, 0) is 16.6 Å². The summed E-state index contributed by atoms with van der Waals surface area (Å²) in [6.45, 7) is 6.62. The van der Waals surface area contributed by atoms with Crippen LogP contribution in [0.3, 0.4) is 0 Å². The molecule has 1 unspecified atom stereocenters. The molecule has 1 aromatic heterocycles. The second kappa shape index (κ2) is 5.80. The van der Waals surface area contributed by atoms with Gasteiger partial charge in [-0.15, -0.1) is 0 Å². The van der Waals surface area contributed by atoms with E-state index in [2.05, 4.69) is 9.88 Å². The van der Waals surface area contributed by atoms with E-state index < -0.39 is 10.0 Å². The second-order valence-corrected chi connectivity index (χ2v) is 7.02. The Bertz CT molecular complexity index is 568. The molecule has 1 aliphatic heterocycles. The maximum Gasteiger partial charge on any atom is 0.262 e. The van der Waals surface area contributed by atoms with Crippen LogP contribution in [0.25, 0.3) is 0 Å². The highest BCUT2D eigenvalue weighted by Gasteiger charge is 2.36. The second-order valence-electron chi connectivity index (χ2n) is 5.18. The number of aromatic nitrogens is 2. The van der Waals surface area contributed by atoms with Crippen LogP contribution in [0, 0.1) is 6.92 Å². The van der Waals surface area contributed by atoms with E-state index in [0.717, 1.165) is 0 Å². The summed E-state index contributed by atoms with van der Waals surface area (Å²) in [5.41, 5.74) is 5.73. The van der Waals surface area contributed by atoms with E-state index in [0.29, 0.717) is 38.5 Å². The number of likely N-dealkylation sites (N-methyl/N-ethyl adjacent to an activating group) is 1. The summed E-state index contributed by atoms with van der Waals surface area (Å²) in [5.74, 6) is 0.713. The number of nitrogens with two attached hydrogens (primary N) is 1. The van der Waals surface area contributed by atoms with Gasteiger partial charge >= 0.3 is 0 Å². The highest BCUT2D eigenvalue weighted by molar-refractivity contribution is 7.89. The first-order valence-electron chi connectivity index (χ1n) is 6.84. The van der Waals surface area contributed by atoms with Gasteiger partial charge in [-0.25, -0.2) is 13.4 Å². The Labute approximate surface area is 120 Å². The predicted octanol–water partition coefficient (Wildman–Crippen LogP) is -0.525. The molecule has 0 aliphatic carbocycles. The monoisotopic (exact) mass is 301 g/mol. The Kier molecular flexibility index (Phi) is 4.48. The minimum absolute atomic E-state index is 0.125. The molecule has 2 rings (SSSR count). The van der Waals surface area contributed by atoms with Crippen molar-refractivity contribution in [2.75, 3.05) is 33.2 Å². The SMILES string of the molecule is CCn1cc(S(=O)(=O)N2CCN(C)CC2CN)nc1C. The van der Waals surface area contributed by atoms with Gasteiger partial charge < -0.3 is 15.2 Å².